The molecule has 1 aliphatic rings. The quantitative estimate of drug-likeness (QED) is 0.800. The molecule has 0 radical (unpaired) electrons. The van der Waals surface area contributed by atoms with Crippen LogP contribution < -0.4 is 4.90 Å². The number of pyridine rings is 1. The Kier molecular flexibility index (Phi) is 3.91. The molecule has 1 fully saturated rings. The van der Waals surface area contributed by atoms with Crippen molar-refractivity contribution in [2.24, 2.45) is 0 Å². The zero-order valence-corrected chi connectivity index (χ0v) is 12.1. The first-order valence-electron chi connectivity index (χ1n) is 6.94. The van der Waals surface area contributed by atoms with Crippen LogP contribution in [0.25, 0.3) is 0 Å². The van der Waals surface area contributed by atoms with E-state index >= 15 is 0 Å². The molecule has 0 unspecified atom stereocenters. The van der Waals surface area contributed by atoms with Gasteiger partial charge in [0.05, 0.1) is 0 Å². The Morgan fingerprint density at radius 1 is 1.11 bits per heavy atom. The standard InChI is InChI=1S/C15H25N3/c1-5-17-8-10-18(11-9-17)14-7-6-13(12-16-14)15(2,3)4/h6-7,12H,5,8-11H2,1-4H3. The van der Waals surface area contributed by atoms with Crippen molar-refractivity contribution in [2.75, 3.05) is 37.6 Å². The molecule has 1 aliphatic heterocycles. The Bertz CT molecular complexity index is 370. The van der Waals surface area contributed by atoms with Crippen LogP contribution in [0.15, 0.2) is 18.3 Å². The summed E-state index contributed by atoms with van der Waals surface area (Å²) in [7, 11) is 0. The van der Waals surface area contributed by atoms with Crippen molar-refractivity contribution in [3.05, 3.63) is 23.9 Å². The van der Waals surface area contributed by atoms with Gasteiger partial charge in [0.2, 0.25) is 0 Å². The van der Waals surface area contributed by atoms with Crippen LogP contribution in [0, 0.1) is 0 Å². The molecule has 0 atom stereocenters. The number of anilines is 1. The fourth-order valence-corrected chi connectivity index (χ4v) is 2.31. The lowest BCUT2D eigenvalue weighted by molar-refractivity contribution is 0.270. The molecule has 0 spiro atoms. The van der Waals surface area contributed by atoms with Crippen molar-refractivity contribution in [1.82, 2.24) is 9.88 Å². The summed E-state index contributed by atoms with van der Waals surface area (Å²) in [5, 5.41) is 0. The Morgan fingerprint density at radius 3 is 2.22 bits per heavy atom. The number of rotatable bonds is 2. The lowest BCUT2D eigenvalue weighted by Crippen LogP contribution is -2.46. The van der Waals surface area contributed by atoms with Crippen LogP contribution in [-0.4, -0.2) is 42.6 Å². The predicted molar refractivity (Wildman–Crippen MR) is 77.3 cm³/mol. The molecule has 1 aromatic heterocycles. The monoisotopic (exact) mass is 247 g/mol. The molecular weight excluding hydrogens is 222 g/mol. The van der Waals surface area contributed by atoms with Gasteiger partial charge in [-0.3, -0.25) is 0 Å². The molecule has 100 valence electrons. The molecule has 2 heterocycles. The molecule has 0 saturated carbocycles. The number of aromatic nitrogens is 1. The van der Waals surface area contributed by atoms with E-state index in [0.717, 1.165) is 38.5 Å². The molecule has 1 aromatic rings. The van der Waals surface area contributed by atoms with Gasteiger partial charge in [0.15, 0.2) is 0 Å². The summed E-state index contributed by atoms with van der Waals surface area (Å²) in [6.45, 7) is 14.6. The van der Waals surface area contributed by atoms with Gasteiger partial charge in [-0.1, -0.05) is 33.8 Å². The van der Waals surface area contributed by atoms with Crippen LogP contribution in [-0.2, 0) is 5.41 Å². The van der Waals surface area contributed by atoms with Gasteiger partial charge >= 0.3 is 0 Å². The second-order valence-electron chi connectivity index (χ2n) is 6.08. The third kappa shape index (κ3) is 3.02. The molecule has 1 saturated heterocycles. The van der Waals surface area contributed by atoms with Crippen LogP contribution in [0.1, 0.15) is 33.3 Å². The SMILES string of the molecule is CCN1CCN(c2ccc(C(C)(C)C)cn2)CC1. The largest absolute Gasteiger partial charge is 0.354 e. The van der Waals surface area contributed by atoms with E-state index in [1.165, 1.54) is 5.56 Å². The average molecular weight is 247 g/mol. The van der Waals surface area contributed by atoms with Crippen molar-refractivity contribution < 1.29 is 0 Å². The minimum absolute atomic E-state index is 0.187. The summed E-state index contributed by atoms with van der Waals surface area (Å²) in [5.41, 5.74) is 1.49. The maximum Gasteiger partial charge on any atom is 0.128 e. The normalized spacial score (nSPS) is 18.1. The topological polar surface area (TPSA) is 19.4 Å². The molecule has 0 bridgehead atoms. The number of likely N-dealkylation sites (N-methyl/N-ethyl adjacent to an activating group) is 1. The maximum atomic E-state index is 4.63. The molecule has 0 aromatic carbocycles. The van der Waals surface area contributed by atoms with Crippen molar-refractivity contribution in [3.63, 3.8) is 0 Å². The molecular formula is C15H25N3. The van der Waals surface area contributed by atoms with Gasteiger partial charge in [-0.2, -0.15) is 0 Å². The predicted octanol–water partition coefficient (Wildman–Crippen LogP) is 2.52. The Morgan fingerprint density at radius 2 is 1.78 bits per heavy atom. The highest BCUT2D eigenvalue weighted by Gasteiger charge is 2.18. The summed E-state index contributed by atoms with van der Waals surface area (Å²) < 4.78 is 0. The van der Waals surface area contributed by atoms with Gasteiger partial charge < -0.3 is 9.80 Å². The highest BCUT2D eigenvalue weighted by Crippen LogP contribution is 2.23. The minimum atomic E-state index is 0.187. The third-order valence-corrected chi connectivity index (χ3v) is 3.76. The summed E-state index contributed by atoms with van der Waals surface area (Å²) in [5.74, 6) is 1.12. The van der Waals surface area contributed by atoms with E-state index in [0.29, 0.717) is 0 Å². The smallest absolute Gasteiger partial charge is 0.128 e. The van der Waals surface area contributed by atoms with Crippen LogP contribution in [0.5, 0.6) is 0 Å². The molecule has 18 heavy (non-hydrogen) atoms. The molecule has 0 N–H and O–H groups in total. The number of hydrogen-bond donors (Lipinski definition) is 0. The van der Waals surface area contributed by atoms with Crippen LogP contribution in [0.3, 0.4) is 0 Å². The van der Waals surface area contributed by atoms with Crippen LogP contribution >= 0.6 is 0 Å². The molecule has 3 heteroatoms. The molecule has 3 nitrogen and oxygen atoms in total. The van der Waals surface area contributed by atoms with E-state index in [4.69, 9.17) is 0 Å². The highest BCUT2D eigenvalue weighted by molar-refractivity contribution is 5.41. The number of nitrogens with zero attached hydrogens (tertiary/aromatic N) is 3. The van der Waals surface area contributed by atoms with E-state index in [9.17, 15) is 0 Å². The van der Waals surface area contributed by atoms with Crippen molar-refractivity contribution in [2.45, 2.75) is 33.1 Å². The number of piperazine rings is 1. The summed E-state index contributed by atoms with van der Waals surface area (Å²) in [6.07, 6.45) is 2.03. The molecule has 2 rings (SSSR count). The fourth-order valence-electron chi connectivity index (χ4n) is 2.31. The van der Waals surface area contributed by atoms with Crippen molar-refractivity contribution in [3.8, 4) is 0 Å². The first-order chi connectivity index (χ1) is 8.50. The van der Waals surface area contributed by atoms with Gasteiger partial charge in [-0.05, 0) is 23.6 Å². The second kappa shape index (κ2) is 5.27. The Labute approximate surface area is 111 Å². The Hall–Kier alpha value is -1.09. The van der Waals surface area contributed by atoms with Crippen LogP contribution in [0.4, 0.5) is 5.82 Å². The summed E-state index contributed by atoms with van der Waals surface area (Å²) >= 11 is 0. The van der Waals surface area contributed by atoms with Crippen molar-refractivity contribution >= 4 is 5.82 Å². The first-order valence-corrected chi connectivity index (χ1v) is 6.94. The number of hydrogen-bond acceptors (Lipinski definition) is 3. The van der Waals surface area contributed by atoms with Gasteiger partial charge in [-0.15, -0.1) is 0 Å². The lowest BCUT2D eigenvalue weighted by Gasteiger charge is -2.35. The zero-order chi connectivity index (χ0) is 13.2. The summed E-state index contributed by atoms with van der Waals surface area (Å²) in [4.78, 5) is 9.50. The van der Waals surface area contributed by atoms with E-state index < -0.39 is 0 Å². The third-order valence-electron chi connectivity index (χ3n) is 3.76. The lowest BCUT2D eigenvalue weighted by atomic mass is 9.88. The van der Waals surface area contributed by atoms with E-state index in [2.05, 4.69) is 54.6 Å². The van der Waals surface area contributed by atoms with E-state index in [1.807, 2.05) is 6.20 Å². The van der Waals surface area contributed by atoms with Gasteiger partial charge in [0.25, 0.3) is 0 Å². The minimum Gasteiger partial charge on any atom is -0.354 e. The molecule has 0 aliphatic carbocycles. The fraction of sp³-hybridized carbons (Fsp3) is 0.667. The zero-order valence-electron chi connectivity index (χ0n) is 12.1. The summed E-state index contributed by atoms with van der Waals surface area (Å²) in [6, 6.07) is 4.39. The highest BCUT2D eigenvalue weighted by atomic mass is 15.3. The first kappa shape index (κ1) is 13.3. The maximum absolute atomic E-state index is 4.63. The van der Waals surface area contributed by atoms with Gasteiger partial charge in [0.1, 0.15) is 5.82 Å². The van der Waals surface area contributed by atoms with E-state index in [-0.39, 0.29) is 5.41 Å². The van der Waals surface area contributed by atoms with Gasteiger partial charge in [-0.25, -0.2) is 4.98 Å². The van der Waals surface area contributed by atoms with Gasteiger partial charge in [0, 0.05) is 32.4 Å². The second-order valence-corrected chi connectivity index (χ2v) is 6.08. The van der Waals surface area contributed by atoms with Crippen LogP contribution in [0.2, 0.25) is 0 Å². The van der Waals surface area contributed by atoms with Crippen molar-refractivity contribution in [1.29, 1.82) is 0 Å². The Balaban J connectivity index is 2.02. The average Bonchev–Trinajstić information content (AvgIpc) is 2.38. The molecule has 0 amide bonds. The van der Waals surface area contributed by atoms with E-state index in [1.54, 1.807) is 0 Å².